The Labute approximate surface area is 90.2 Å². The van der Waals surface area contributed by atoms with E-state index in [-0.39, 0.29) is 0 Å². The maximum absolute atomic E-state index is 10.9. The first-order valence-corrected chi connectivity index (χ1v) is 4.64. The Morgan fingerprint density at radius 1 is 1.57 bits per heavy atom. The van der Waals surface area contributed by atoms with Crippen LogP contribution in [0.5, 0.6) is 0 Å². The van der Waals surface area contributed by atoms with Gasteiger partial charge in [0.05, 0.1) is 0 Å². The summed E-state index contributed by atoms with van der Waals surface area (Å²) in [6.45, 7) is 0. The molecule has 0 radical (unpaired) electrons. The van der Waals surface area contributed by atoms with E-state index in [2.05, 4.69) is 15.9 Å². The SMILES string of the molecule is N#CNC(=O)C=Cc1cccc(Br)c1. The normalized spacial score (nSPS) is 9.71. The fourth-order valence-electron chi connectivity index (χ4n) is 0.879. The zero-order valence-corrected chi connectivity index (χ0v) is 8.78. The molecule has 0 bridgehead atoms. The van der Waals surface area contributed by atoms with Crippen molar-refractivity contribution in [3.8, 4) is 6.19 Å². The third-order valence-corrected chi connectivity index (χ3v) is 1.95. The molecule has 0 aliphatic heterocycles. The highest BCUT2D eigenvalue weighted by Crippen LogP contribution is 2.12. The minimum Gasteiger partial charge on any atom is -0.269 e. The number of carbonyl (C=O) groups is 1. The molecule has 1 rings (SSSR count). The maximum atomic E-state index is 10.9. The Bertz CT molecular complexity index is 407. The van der Waals surface area contributed by atoms with Crippen LogP contribution in [-0.4, -0.2) is 5.91 Å². The number of nitrogens with zero attached hydrogens (tertiary/aromatic N) is 1. The molecule has 14 heavy (non-hydrogen) atoms. The van der Waals surface area contributed by atoms with E-state index in [1.807, 2.05) is 29.6 Å². The van der Waals surface area contributed by atoms with Crippen LogP contribution in [0.15, 0.2) is 34.8 Å². The fraction of sp³-hybridized carbons (Fsp3) is 0. The average Bonchev–Trinajstić information content (AvgIpc) is 2.15. The van der Waals surface area contributed by atoms with E-state index >= 15 is 0 Å². The molecule has 0 unspecified atom stereocenters. The summed E-state index contributed by atoms with van der Waals surface area (Å²) in [5.74, 6) is -0.424. The second-order valence-electron chi connectivity index (χ2n) is 2.49. The predicted molar refractivity (Wildman–Crippen MR) is 56.9 cm³/mol. The summed E-state index contributed by atoms with van der Waals surface area (Å²) in [6.07, 6.45) is 4.50. The molecule has 0 fully saturated rings. The molecule has 1 aromatic rings. The van der Waals surface area contributed by atoms with Crippen molar-refractivity contribution in [2.24, 2.45) is 0 Å². The van der Waals surface area contributed by atoms with Gasteiger partial charge in [0, 0.05) is 10.5 Å². The van der Waals surface area contributed by atoms with Crippen molar-refractivity contribution in [3.63, 3.8) is 0 Å². The summed E-state index contributed by atoms with van der Waals surface area (Å²) < 4.78 is 0.945. The van der Waals surface area contributed by atoms with E-state index < -0.39 is 5.91 Å². The molecule has 1 aromatic carbocycles. The Balaban J connectivity index is 2.70. The number of nitrogens with one attached hydrogen (secondary N) is 1. The summed E-state index contributed by atoms with van der Waals surface area (Å²) in [6, 6.07) is 7.50. The van der Waals surface area contributed by atoms with Gasteiger partial charge in [-0.05, 0) is 23.8 Å². The van der Waals surface area contributed by atoms with E-state index in [4.69, 9.17) is 5.26 Å². The lowest BCUT2D eigenvalue weighted by Gasteiger charge is -1.93. The van der Waals surface area contributed by atoms with Crippen molar-refractivity contribution in [3.05, 3.63) is 40.4 Å². The molecule has 0 spiro atoms. The van der Waals surface area contributed by atoms with Gasteiger partial charge >= 0.3 is 0 Å². The number of rotatable bonds is 2. The number of benzene rings is 1. The minimum atomic E-state index is -0.424. The smallest absolute Gasteiger partial charge is 0.256 e. The molecule has 0 saturated heterocycles. The molecule has 3 nitrogen and oxygen atoms in total. The zero-order chi connectivity index (χ0) is 10.4. The molecule has 70 valence electrons. The van der Waals surface area contributed by atoms with E-state index in [0.29, 0.717) is 0 Å². The topological polar surface area (TPSA) is 52.9 Å². The lowest BCUT2D eigenvalue weighted by atomic mass is 10.2. The predicted octanol–water partition coefficient (Wildman–Crippen LogP) is 2.06. The van der Waals surface area contributed by atoms with Crippen LogP contribution in [0.4, 0.5) is 0 Å². The summed E-state index contributed by atoms with van der Waals surface area (Å²) >= 11 is 3.31. The van der Waals surface area contributed by atoms with E-state index in [0.717, 1.165) is 10.0 Å². The lowest BCUT2D eigenvalue weighted by molar-refractivity contribution is -0.115. The van der Waals surface area contributed by atoms with E-state index in [9.17, 15) is 4.79 Å². The van der Waals surface area contributed by atoms with E-state index in [1.54, 1.807) is 12.3 Å². The highest BCUT2D eigenvalue weighted by atomic mass is 79.9. The third-order valence-electron chi connectivity index (χ3n) is 1.45. The molecular formula is C10H7BrN2O. The molecule has 0 atom stereocenters. The van der Waals surface area contributed by atoms with Gasteiger partial charge in [0.15, 0.2) is 6.19 Å². The van der Waals surface area contributed by atoms with Crippen LogP contribution in [0.3, 0.4) is 0 Å². The van der Waals surface area contributed by atoms with Crippen LogP contribution in [-0.2, 0) is 4.79 Å². The number of nitriles is 1. The van der Waals surface area contributed by atoms with Crippen LogP contribution in [0.1, 0.15) is 5.56 Å². The van der Waals surface area contributed by atoms with Gasteiger partial charge in [0.2, 0.25) is 0 Å². The minimum absolute atomic E-state index is 0.424. The van der Waals surface area contributed by atoms with Crippen LogP contribution in [0, 0.1) is 11.5 Å². The lowest BCUT2D eigenvalue weighted by Crippen LogP contribution is -2.13. The second kappa shape index (κ2) is 5.20. The summed E-state index contributed by atoms with van der Waals surface area (Å²) in [5, 5.41) is 10.2. The number of hydrogen-bond donors (Lipinski definition) is 1. The first-order chi connectivity index (χ1) is 6.72. The van der Waals surface area contributed by atoms with Crippen molar-refractivity contribution >= 4 is 27.9 Å². The molecule has 4 heteroatoms. The van der Waals surface area contributed by atoms with Gasteiger partial charge in [-0.15, -0.1) is 0 Å². The van der Waals surface area contributed by atoms with Gasteiger partial charge in [-0.1, -0.05) is 28.1 Å². The molecule has 0 aliphatic carbocycles. The Kier molecular flexibility index (Phi) is 3.89. The third kappa shape index (κ3) is 3.42. The van der Waals surface area contributed by atoms with Crippen LogP contribution in [0.25, 0.3) is 6.08 Å². The highest BCUT2D eigenvalue weighted by Gasteiger charge is 1.92. The number of carbonyl (C=O) groups excluding carboxylic acids is 1. The van der Waals surface area contributed by atoms with Gasteiger partial charge in [-0.2, -0.15) is 5.26 Å². The fourth-order valence-corrected chi connectivity index (χ4v) is 1.30. The molecular weight excluding hydrogens is 244 g/mol. The largest absolute Gasteiger partial charge is 0.269 e. The van der Waals surface area contributed by atoms with Gasteiger partial charge < -0.3 is 0 Å². The van der Waals surface area contributed by atoms with Gasteiger partial charge in [-0.25, -0.2) is 0 Å². The van der Waals surface area contributed by atoms with Crippen molar-refractivity contribution in [1.82, 2.24) is 5.32 Å². The van der Waals surface area contributed by atoms with Gasteiger partial charge in [-0.3, -0.25) is 10.1 Å². The molecule has 0 saturated carbocycles. The Morgan fingerprint density at radius 2 is 2.36 bits per heavy atom. The van der Waals surface area contributed by atoms with Gasteiger partial charge in [0.1, 0.15) is 0 Å². The van der Waals surface area contributed by atoms with Crippen LogP contribution < -0.4 is 5.32 Å². The Hall–Kier alpha value is -1.60. The Morgan fingerprint density at radius 3 is 3.00 bits per heavy atom. The summed E-state index contributed by atoms with van der Waals surface area (Å²) in [4.78, 5) is 10.9. The summed E-state index contributed by atoms with van der Waals surface area (Å²) in [5.41, 5.74) is 0.896. The molecule has 0 aromatic heterocycles. The second-order valence-corrected chi connectivity index (χ2v) is 3.41. The number of amides is 1. The van der Waals surface area contributed by atoms with Crippen molar-refractivity contribution in [1.29, 1.82) is 5.26 Å². The van der Waals surface area contributed by atoms with Crippen LogP contribution in [0.2, 0.25) is 0 Å². The quantitative estimate of drug-likeness (QED) is 0.497. The standard InChI is InChI=1S/C10H7BrN2O/c11-9-3-1-2-8(6-9)4-5-10(14)13-7-12/h1-6H,(H,13,14). The molecule has 0 aliphatic rings. The monoisotopic (exact) mass is 250 g/mol. The molecule has 1 N–H and O–H groups in total. The van der Waals surface area contributed by atoms with Crippen molar-refractivity contribution in [2.45, 2.75) is 0 Å². The molecule has 1 amide bonds. The van der Waals surface area contributed by atoms with Crippen molar-refractivity contribution in [2.75, 3.05) is 0 Å². The highest BCUT2D eigenvalue weighted by molar-refractivity contribution is 9.10. The zero-order valence-electron chi connectivity index (χ0n) is 7.20. The first kappa shape index (κ1) is 10.5. The first-order valence-electron chi connectivity index (χ1n) is 3.85. The number of hydrogen-bond acceptors (Lipinski definition) is 2. The van der Waals surface area contributed by atoms with Crippen LogP contribution >= 0.6 is 15.9 Å². The van der Waals surface area contributed by atoms with Gasteiger partial charge in [0.25, 0.3) is 5.91 Å². The molecule has 0 heterocycles. The van der Waals surface area contributed by atoms with E-state index in [1.165, 1.54) is 6.08 Å². The number of halogens is 1. The van der Waals surface area contributed by atoms with Crippen molar-refractivity contribution < 1.29 is 4.79 Å². The summed E-state index contributed by atoms with van der Waals surface area (Å²) in [7, 11) is 0. The average molecular weight is 251 g/mol. The maximum Gasteiger partial charge on any atom is 0.256 e.